The lowest BCUT2D eigenvalue weighted by molar-refractivity contribution is 0.0695. The maximum atomic E-state index is 13.6. The van der Waals surface area contributed by atoms with Gasteiger partial charge in [-0.05, 0) is 13.0 Å². The van der Waals surface area contributed by atoms with Crippen molar-refractivity contribution in [2.24, 2.45) is 0 Å². The minimum Gasteiger partial charge on any atom is -0.477 e. The number of hydrogen-bond donors (Lipinski definition) is 1. The molecule has 9 heteroatoms. The topological polar surface area (TPSA) is 85.1 Å². The number of carbonyl (C=O) groups is 1. The van der Waals surface area contributed by atoms with Crippen LogP contribution in [0.5, 0.6) is 0 Å². The van der Waals surface area contributed by atoms with Gasteiger partial charge in [-0.15, -0.1) is 11.3 Å². The summed E-state index contributed by atoms with van der Waals surface area (Å²) < 4.78 is 14.9. The van der Waals surface area contributed by atoms with Gasteiger partial charge < -0.3 is 5.11 Å². The number of aromatic carboxylic acids is 1. The van der Waals surface area contributed by atoms with Crippen LogP contribution < -0.4 is 5.43 Å². The van der Waals surface area contributed by atoms with Crippen LogP contribution in [0.3, 0.4) is 0 Å². The number of rotatable bonds is 2. The second-order valence-corrected chi connectivity index (χ2v) is 5.83. The monoisotopic (exact) mass is 339 g/mol. The predicted molar refractivity (Wildman–Crippen MR) is 79.7 cm³/mol. The van der Waals surface area contributed by atoms with Crippen LogP contribution in [0, 0.1) is 12.7 Å². The minimum absolute atomic E-state index is 0.0513. The number of nitrogens with zero attached hydrogens (tertiary/aromatic N) is 3. The lowest BCUT2D eigenvalue weighted by Gasteiger charge is -2.10. The number of halogens is 2. The molecule has 3 aromatic heterocycles. The largest absolute Gasteiger partial charge is 0.477 e. The van der Waals surface area contributed by atoms with Gasteiger partial charge in [0.1, 0.15) is 5.56 Å². The standard InChI is InChI=1S/C13H7ClFN3O3S/c1-5-11(16-4-22-5)18-3-7(13(20)21)9(19)6-2-8(15)10(14)17-12(6)18/h2-4H,1H3,(H,20,21). The zero-order valence-electron chi connectivity index (χ0n) is 11.0. The first-order chi connectivity index (χ1) is 10.4. The van der Waals surface area contributed by atoms with Crippen LogP contribution in [0.15, 0.2) is 22.6 Å². The molecular weight excluding hydrogens is 333 g/mol. The van der Waals surface area contributed by atoms with Gasteiger partial charge in [-0.2, -0.15) is 0 Å². The van der Waals surface area contributed by atoms with Gasteiger partial charge in [-0.3, -0.25) is 9.36 Å². The van der Waals surface area contributed by atoms with Crippen LogP contribution >= 0.6 is 22.9 Å². The molecule has 0 aliphatic heterocycles. The molecule has 0 aliphatic carbocycles. The fourth-order valence-corrected chi connectivity index (χ4v) is 2.75. The molecule has 0 saturated heterocycles. The summed E-state index contributed by atoms with van der Waals surface area (Å²) in [5, 5.41) is 8.59. The summed E-state index contributed by atoms with van der Waals surface area (Å²) in [4.78, 5) is 32.2. The van der Waals surface area contributed by atoms with E-state index >= 15 is 0 Å². The highest BCUT2D eigenvalue weighted by Gasteiger charge is 2.19. The van der Waals surface area contributed by atoms with Crippen LogP contribution in [0.4, 0.5) is 4.39 Å². The second-order valence-electron chi connectivity index (χ2n) is 4.41. The fourth-order valence-electron chi connectivity index (χ4n) is 2.05. The van der Waals surface area contributed by atoms with Crippen LogP contribution in [-0.2, 0) is 0 Å². The van der Waals surface area contributed by atoms with Crippen molar-refractivity contribution in [1.82, 2.24) is 14.5 Å². The first kappa shape index (κ1) is 14.6. The third kappa shape index (κ3) is 2.16. The lowest BCUT2D eigenvalue weighted by atomic mass is 10.2. The van der Waals surface area contributed by atoms with Crippen LogP contribution in [0.1, 0.15) is 15.2 Å². The average Bonchev–Trinajstić information content (AvgIpc) is 2.87. The highest BCUT2D eigenvalue weighted by atomic mass is 35.5. The third-order valence-electron chi connectivity index (χ3n) is 3.07. The van der Waals surface area contributed by atoms with Crippen molar-refractivity contribution in [2.45, 2.75) is 6.92 Å². The molecule has 1 N–H and O–H groups in total. The first-order valence-electron chi connectivity index (χ1n) is 5.95. The van der Waals surface area contributed by atoms with E-state index in [0.29, 0.717) is 5.82 Å². The Morgan fingerprint density at radius 2 is 2.23 bits per heavy atom. The minimum atomic E-state index is -1.41. The summed E-state index contributed by atoms with van der Waals surface area (Å²) in [6.45, 7) is 1.78. The third-order valence-corrected chi connectivity index (χ3v) is 4.08. The van der Waals surface area contributed by atoms with Gasteiger partial charge in [-0.1, -0.05) is 11.6 Å². The summed E-state index contributed by atoms with van der Waals surface area (Å²) in [5.41, 5.74) is 0.300. The molecule has 0 fully saturated rings. The Morgan fingerprint density at radius 3 is 2.82 bits per heavy atom. The zero-order valence-corrected chi connectivity index (χ0v) is 12.6. The van der Waals surface area contributed by atoms with Crippen molar-refractivity contribution < 1.29 is 14.3 Å². The molecule has 0 aliphatic rings. The van der Waals surface area contributed by atoms with E-state index in [9.17, 15) is 14.0 Å². The Hall–Kier alpha value is -2.32. The number of fused-ring (bicyclic) bond motifs is 1. The molecule has 0 saturated carbocycles. The van der Waals surface area contributed by atoms with Gasteiger partial charge in [0.05, 0.1) is 10.9 Å². The summed E-state index contributed by atoms with van der Waals surface area (Å²) in [5.74, 6) is -1.90. The molecule has 0 atom stereocenters. The fraction of sp³-hybridized carbons (Fsp3) is 0.0769. The van der Waals surface area contributed by atoms with Gasteiger partial charge in [0.15, 0.2) is 22.4 Å². The average molecular weight is 340 g/mol. The molecule has 0 unspecified atom stereocenters. The molecule has 0 radical (unpaired) electrons. The van der Waals surface area contributed by atoms with E-state index in [1.165, 1.54) is 15.9 Å². The van der Waals surface area contributed by atoms with E-state index in [1.807, 2.05) is 0 Å². The maximum Gasteiger partial charge on any atom is 0.341 e. The number of hydrogen-bond acceptors (Lipinski definition) is 5. The molecule has 0 aromatic carbocycles. The SMILES string of the molecule is Cc1scnc1-n1cc(C(=O)O)c(=O)c2cc(F)c(Cl)nc21. The predicted octanol–water partition coefficient (Wildman–Crippen LogP) is 2.64. The highest BCUT2D eigenvalue weighted by Crippen LogP contribution is 2.23. The van der Waals surface area contributed by atoms with E-state index in [0.717, 1.165) is 17.1 Å². The highest BCUT2D eigenvalue weighted by molar-refractivity contribution is 7.09. The first-order valence-corrected chi connectivity index (χ1v) is 7.21. The number of thiazole rings is 1. The molecule has 3 rings (SSSR count). The molecule has 0 amide bonds. The Balaban J connectivity index is 2.53. The van der Waals surface area contributed by atoms with Gasteiger partial charge in [0.25, 0.3) is 0 Å². The van der Waals surface area contributed by atoms with E-state index in [-0.39, 0.29) is 11.0 Å². The zero-order chi connectivity index (χ0) is 16.0. The van der Waals surface area contributed by atoms with Gasteiger partial charge in [0, 0.05) is 11.1 Å². The Bertz CT molecular complexity index is 983. The molecule has 112 valence electrons. The van der Waals surface area contributed by atoms with E-state index in [2.05, 4.69) is 9.97 Å². The normalized spacial score (nSPS) is 11.0. The number of aryl methyl sites for hydroxylation is 1. The summed E-state index contributed by atoms with van der Waals surface area (Å²) >= 11 is 7.02. The van der Waals surface area contributed by atoms with Crippen LogP contribution in [0.2, 0.25) is 5.15 Å². The van der Waals surface area contributed by atoms with Gasteiger partial charge in [-0.25, -0.2) is 19.2 Å². The van der Waals surface area contributed by atoms with Gasteiger partial charge in [0.2, 0.25) is 5.43 Å². The van der Waals surface area contributed by atoms with Crippen molar-refractivity contribution in [3.05, 3.63) is 49.4 Å². The quantitative estimate of drug-likeness (QED) is 0.725. The van der Waals surface area contributed by atoms with Gasteiger partial charge >= 0.3 is 5.97 Å². The molecular formula is C13H7ClFN3O3S. The molecule has 6 nitrogen and oxygen atoms in total. The molecule has 0 bridgehead atoms. The van der Waals surface area contributed by atoms with Crippen molar-refractivity contribution >= 4 is 39.9 Å². The molecule has 3 heterocycles. The van der Waals surface area contributed by atoms with E-state index in [4.69, 9.17) is 16.7 Å². The molecule has 3 aromatic rings. The second kappa shape index (κ2) is 5.15. The van der Waals surface area contributed by atoms with Crippen molar-refractivity contribution in [3.63, 3.8) is 0 Å². The number of carboxylic acid groups (broad SMARTS) is 1. The van der Waals surface area contributed by atoms with Crippen molar-refractivity contribution in [3.8, 4) is 5.82 Å². The van der Waals surface area contributed by atoms with Crippen molar-refractivity contribution in [1.29, 1.82) is 0 Å². The van der Waals surface area contributed by atoms with Crippen LogP contribution in [-0.4, -0.2) is 25.6 Å². The summed E-state index contributed by atoms with van der Waals surface area (Å²) in [6.07, 6.45) is 1.12. The number of pyridine rings is 2. The van der Waals surface area contributed by atoms with Crippen molar-refractivity contribution in [2.75, 3.05) is 0 Å². The Morgan fingerprint density at radius 1 is 1.50 bits per heavy atom. The molecule has 22 heavy (non-hydrogen) atoms. The van der Waals surface area contributed by atoms with E-state index < -0.39 is 27.9 Å². The lowest BCUT2D eigenvalue weighted by Crippen LogP contribution is -2.19. The smallest absolute Gasteiger partial charge is 0.341 e. The summed E-state index contributed by atoms with van der Waals surface area (Å²) in [7, 11) is 0. The number of carboxylic acids is 1. The summed E-state index contributed by atoms with van der Waals surface area (Å²) in [6, 6.07) is 0.887. The van der Waals surface area contributed by atoms with E-state index in [1.54, 1.807) is 12.4 Å². The molecule has 0 spiro atoms. The number of aromatic nitrogens is 3. The maximum absolute atomic E-state index is 13.6. The Kier molecular flexibility index (Phi) is 3.42. The Labute approximate surface area is 131 Å². The van der Waals surface area contributed by atoms with Crippen LogP contribution in [0.25, 0.3) is 16.9 Å².